The molecule has 0 spiro atoms. The van der Waals surface area contributed by atoms with E-state index >= 15 is 0 Å². The van der Waals surface area contributed by atoms with Gasteiger partial charge in [-0.2, -0.15) is 0 Å². The maximum atomic E-state index is 8.84. The van der Waals surface area contributed by atoms with Crippen molar-refractivity contribution in [3.05, 3.63) is 17.3 Å². The van der Waals surface area contributed by atoms with Crippen LogP contribution in [-0.2, 0) is 0 Å². The number of nitrogens with zero attached hydrogens (tertiary/aromatic N) is 2. The number of nitrogens with one attached hydrogen (secondary N) is 1. The third kappa shape index (κ3) is 4.10. The van der Waals surface area contributed by atoms with Crippen LogP contribution in [0.1, 0.15) is 50.8 Å². The fourth-order valence-electron chi connectivity index (χ4n) is 1.86. The first-order valence-corrected chi connectivity index (χ1v) is 6.89. The number of hydrogen-bond acceptors (Lipinski definition) is 5. The Labute approximate surface area is 120 Å². The van der Waals surface area contributed by atoms with Gasteiger partial charge in [-0.1, -0.05) is 27.7 Å². The van der Waals surface area contributed by atoms with Gasteiger partial charge in [0.1, 0.15) is 6.61 Å². The minimum atomic E-state index is 0.156. The molecule has 0 aliphatic rings. The molecule has 1 N–H and O–H groups in total. The highest BCUT2D eigenvalue weighted by Gasteiger charge is 2.19. The molecule has 0 atom stereocenters. The van der Waals surface area contributed by atoms with E-state index in [0.717, 1.165) is 17.8 Å². The molecule has 0 saturated carbocycles. The molecule has 0 aliphatic heterocycles. The van der Waals surface area contributed by atoms with E-state index in [9.17, 15) is 0 Å². The number of ether oxygens (including phenoxy) is 2. The van der Waals surface area contributed by atoms with Crippen LogP contribution in [0.4, 0.5) is 0 Å². The van der Waals surface area contributed by atoms with Crippen LogP contribution in [0, 0.1) is 11.5 Å². The van der Waals surface area contributed by atoms with E-state index in [1.165, 1.54) is 0 Å². The normalized spacial score (nSPS) is 10.7. The van der Waals surface area contributed by atoms with E-state index < -0.39 is 0 Å². The van der Waals surface area contributed by atoms with Crippen LogP contribution in [0.3, 0.4) is 0 Å². The molecule has 20 heavy (non-hydrogen) atoms. The molecule has 0 amide bonds. The summed E-state index contributed by atoms with van der Waals surface area (Å²) in [5.74, 6) is 1.53. The average Bonchev–Trinajstić information content (AvgIpc) is 2.39. The highest BCUT2D eigenvalue weighted by atomic mass is 16.5. The van der Waals surface area contributed by atoms with Gasteiger partial charge in [-0.05, 0) is 18.9 Å². The number of hydrogen-bond donors (Lipinski definition) is 1. The smallest absolute Gasteiger partial charge is 0.292 e. The van der Waals surface area contributed by atoms with E-state index in [1.807, 2.05) is 27.0 Å². The molecule has 1 heterocycles. The summed E-state index contributed by atoms with van der Waals surface area (Å²) in [6.07, 6.45) is 1.76. The van der Waals surface area contributed by atoms with Crippen molar-refractivity contribution < 1.29 is 9.47 Å². The van der Waals surface area contributed by atoms with Gasteiger partial charge in [0.05, 0.1) is 5.69 Å². The van der Waals surface area contributed by atoms with E-state index in [-0.39, 0.29) is 11.8 Å². The van der Waals surface area contributed by atoms with Crippen LogP contribution < -0.4 is 14.8 Å². The lowest BCUT2D eigenvalue weighted by molar-refractivity contribution is 0.303. The number of likely N-dealkylation sites (N-methyl/N-ethyl adjacent to an activating group) is 1. The van der Waals surface area contributed by atoms with Crippen LogP contribution >= 0.6 is 0 Å². The Morgan fingerprint density at radius 2 is 2.00 bits per heavy atom. The quantitative estimate of drug-likeness (QED) is 0.613. The molecule has 110 valence electrons. The van der Waals surface area contributed by atoms with Gasteiger partial charge in [0.15, 0.2) is 5.75 Å². The molecular weight excluding hydrogens is 254 g/mol. The second-order valence-electron chi connectivity index (χ2n) is 5.22. The zero-order valence-corrected chi connectivity index (χ0v) is 12.9. The third-order valence-corrected chi connectivity index (χ3v) is 2.92. The van der Waals surface area contributed by atoms with Crippen molar-refractivity contribution in [2.75, 3.05) is 20.2 Å². The molecule has 0 fully saturated rings. The first-order chi connectivity index (χ1) is 9.51. The van der Waals surface area contributed by atoms with Gasteiger partial charge in [-0.25, -0.2) is 4.98 Å². The highest BCUT2D eigenvalue weighted by Crippen LogP contribution is 2.35. The highest BCUT2D eigenvalue weighted by molar-refractivity contribution is 5.44. The molecule has 0 aromatic carbocycles. The molecule has 0 radical (unpaired) electrons. The number of nitriles is 1. The van der Waals surface area contributed by atoms with E-state index in [1.54, 1.807) is 6.26 Å². The maximum Gasteiger partial charge on any atom is 0.292 e. The fourth-order valence-corrected chi connectivity index (χ4v) is 1.86. The van der Waals surface area contributed by atoms with Gasteiger partial charge in [-0.3, -0.25) is 0 Å². The lowest BCUT2D eigenvalue weighted by Crippen LogP contribution is -2.17. The first-order valence-electron chi connectivity index (χ1n) is 6.89. The largest absolute Gasteiger partial charge is 0.476 e. The van der Waals surface area contributed by atoms with Crippen molar-refractivity contribution in [2.24, 2.45) is 0 Å². The zero-order valence-electron chi connectivity index (χ0n) is 12.9. The van der Waals surface area contributed by atoms with Crippen molar-refractivity contribution in [3.8, 4) is 17.9 Å². The Kier molecular flexibility index (Phi) is 6.26. The molecule has 1 aromatic rings. The molecule has 0 aliphatic carbocycles. The Bertz CT molecular complexity index is 449. The predicted octanol–water partition coefficient (Wildman–Crippen LogP) is 2.79. The first kappa shape index (κ1) is 16.3. The van der Waals surface area contributed by atoms with Gasteiger partial charge in [0.25, 0.3) is 6.26 Å². The van der Waals surface area contributed by atoms with E-state index in [4.69, 9.17) is 14.7 Å². The Morgan fingerprint density at radius 3 is 2.50 bits per heavy atom. The van der Waals surface area contributed by atoms with E-state index in [0.29, 0.717) is 18.2 Å². The van der Waals surface area contributed by atoms with Crippen molar-refractivity contribution >= 4 is 0 Å². The summed E-state index contributed by atoms with van der Waals surface area (Å²) in [5, 5.41) is 11.9. The Hall–Kier alpha value is -1.80. The number of pyridine rings is 1. The second kappa shape index (κ2) is 7.71. The summed E-state index contributed by atoms with van der Waals surface area (Å²) in [4.78, 5) is 4.48. The molecule has 1 rings (SSSR count). The Balaban J connectivity index is 3.20. The van der Waals surface area contributed by atoms with Gasteiger partial charge >= 0.3 is 0 Å². The van der Waals surface area contributed by atoms with Gasteiger partial charge in [0.2, 0.25) is 5.88 Å². The van der Waals surface area contributed by atoms with Gasteiger partial charge in [-0.15, -0.1) is 5.26 Å². The van der Waals surface area contributed by atoms with Crippen LogP contribution in [0.25, 0.3) is 0 Å². The zero-order chi connectivity index (χ0) is 15.1. The third-order valence-electron chi connectivity index (χ3n) is 2.92. The van der Waals surface area contributed by atoms with Crippen LogP contribution in [0.2, 0.25) is 0 Å². The molecule has 0 saturated heterocycles. The minimum absolute atomic E-state index is 0.156. The summed E-state index contributed by atoms with van der Waals surface area (Å²) < 4.78 is 10.8. The average molecular weight is 277 g/mol. The SMILES string of the molecule is CNCCOc1cc(C(C)C)c(OC#N)c(C(C)C)n1. The minimum Gasteiger partial charge on any atom is -0.476 e. The Morgan fingerprint density at radius 1 is 1.30 bits per heavy atom. The monoisotopic (exact) mass is 277 g/mol. The van der Waals surface area contributed by atoms with E-state index in [2.05, 4.69) is 24.1 Å². The van der Waals surface area contributed by atoms with Crippen molar-refractivity contribution in [1.82, 2.24) is 10.3 Å². The second-order valence-corrected chi connectivity index (χ2v) is 5.22. The summed E-state index contributed by atoms with van der Waals surface area (Å²) in [7, 11) is 1.87. The van der Waals surface area contributed by atoms with Crippen LogP contribution in [0.15, 0.2) is 6.07 Å². The summed E-state index contributed by atoms with van der Waals surface area (Å²) >= 11 is 0. The standard InChI is InChI=1S/C15H23N3O2/c1-10(2)12-8-13(19-7-6-17-5)18-14(11(3)4)15(12)20-9-16/h8,10-11,17H,6-7H2,1-5H3. The van der Waals surface area contributed by atoms with Crippen molar-refractivity contribution in [2.45, 2.75) is 39.5 Å². The molecular formula is C15H23N3O2. The van der Waals surface area contributed by atoms with Crippen LogP contribution in [0.5, 0.6) is 11.6 Å². The lowest BCUT2D eigenvalue weighted by atomic mass is 9.98. The molecule has 5 heteroatoms. The maximum absolute atomic E-state index is 8.84. The molecule has 5 nitrogen and oxygen atoms in total. The molecule has 0 bridgehead atoms. The van der Waals surface area contributed by atoms with Gasteiger partial charge < -0.3 is 14.8 Å². The fraction of sp³-hybridized carbons (Fsp3) is 0.600. The number of aromatic nitrogens is 1. The predicted molar refractivity (Wildman–Crippen MR) is 78.1 cm³/mol. The topological polar surface area (TPSA) is 67.2 Å². The van der Waals surface area contributed by atoms with Crippen molar-refractivity contribution in [1.29, 1.82) is 5.26 Å². The lowest BCUT2D eigenvalue weighted by Gasteiger charge is -2.18. The van der Waals surface area contributed by atoms with Gasteiger partial charge in [0, 0.05) is 18.2 Å². The van der Waals surface area contributed by atoms with Crippen LogP contribution in [-0.4, -0.2) is 25.2 Å². The number of rotatable bonds is 7. The molecule has 0 unspecified atom stereocenters. The molecule has 1 aromatic heterocycles. The summed E-state index contributed by atoms with van der Waals surface area (Å²) in [5.41, 5.74) is 1.71. The summed E-state index contributed by atoms with van der Waals surface area (Å²) in [6.45, 7) is 9.47. The van der Waals surface area contributed by atoms with Crippen molar-refractivity contribution in [3.63, 3.8) is 0 Å². The summed E-state index contributed by atoms with van der Waals surface area (Å²) in [6, 6.07) is 1.86.